The predicted molar refractivity (Wildman–Crippen MR) is 80.0 cm³/mol. The lowest BCUT2D eigenvalue weighted by Gasteiger charge is -2.34. The van der Waals surface area contributed by atoms with E-state index in [0.717, 1.165) is 38.0 Å². The number of hydrogen-bond donors (Lipinski definition) is 0. The van der Waals surface area contributed by atoms with Gasteiger partial charge in [0.1, 0.15) is 0 Å². The second kappa shape index (κ2) is 6.55. The van der Waals surface area contributed by atoms with Crippen molar-refractivity contribution < 1.29 is 0 Å². The summed E-state index contributed by atoms with van der Waals surface area (Å²) in [6.07, 6.45) is 4.10. The van der Waals surface area contributed by atoms with Crippen molar-refractivity contribution in [2.24, 2.45) is 0 Å². The van der Waals surface area contributed by atoms with Crippen molar-refractivity contribution in [1.29, 1.82) is 5.26 Å². The average Bonchev–Trinajstić information content (AvgIpc) is 2.53. The maximum atomic E-state index is 9.26. The predicted octanol–water partition coefficient (Wildman–Crippen LogP) is 3.57. The molecule has 0 radical (unpaired) electrons. The summed E-state index contributed by atoms with van der Waals surface area (Å²) < 4.78 is 0. The van der Waals surface area contributed by atoms with Gasteiger partial charge in [-0.25, -0.2) is 6.57 Å². The Balaban J connectivity index is 2.17. The summed E-state index contributed by atoms with van der Waals surface area (Å²) >= 11 is 0. The van der Waals surface area contributed by atoms with Gasteiger partial charge in [0.15, 0.2) is 0 Å². The monoisotopic (exact) mass is 267 g/mol. The highest BCUT2D eigenvalue weighted by Gasteiger charge is 2.43. The van der Waals surface area contributed by atoms with Gasteiger partial charge in [0.25, 0.3) is 5.54 Å². The highest BCUT2D eigenvalue weighted by Crippen LogP contribution is 2.38. The highest BCUT2D eigenvalue weighted by atomic mass is 15.1. The number of likely N-dealkylation sites (tertiary alicyclic amines) is 1. The van der Waals surface area contributed by atoms with Crippen molar-refractivity contribution in [1.82, 2.24) is 4.90 Å². The molecule has 0 atom stereocenters. The van der Waals surface area contributed by atoms with Crippen molar-refractivity contribution in [3.63, 3.8) is 0 Å². The molecule has 3 nitrogen and oxygen atoms in total. The van der Waals surface area contributed by atoms with Gasteiger partial charge in [-0.05, 0) is 25.1 Å². The van der Waals surface area contributed by atoms with Crippen LogP contribution in [0.4, 0.5) is 0 Å². The van der Waals surface area contributed by atoms with Gasteiger partial charge in [-0.3, -0.25) is 0 Å². The second-order valence-corrected chi connectivity index (χ2v) is 5.50. The molecule has 1 aliphatic rings. The summed E-state index contributed by atoms with van der Waals surface area (Å²) in [5, 5.41) is 9.26. The molecule has 0 unspecified atom stereocenters. The minimum Gasteiger partial charge on any atom is -0.305 e. The standard InChI is InChI=1S/C17H21N3/c1-3-4-11-20-12-9-17(19-2,10-13-20)16-8-6-5-7-15(16)14-18/h5-8H,3-4,9-13H2,1H3. The molecule has 0 N–H and O–H groups in total. The van der Waals surface area contributed by atoms with Gasteiger partial charge in [-0.15, -0.1) is 0 Å². The first kappa shape index (κ1) is 14.6. The summed E-state index contributed by atoms with van der Waals surface area (Å²) in [4.78, 5) is 6.39. The van der Waals surface area contributed by atoms with E-state index in [0.29, 0.717) is 5.56 Å². The van der Waals surface area contributed by atoms with Crippen molar-refractivity contribution >= 4 is 0 Å². The van der Waals surface area contributed by atoms with E-state index < -0.39 is 5.54 Å². The maximum absolute atomic E-state index is 9.26. The number of benzene rings is 1. The molecule has 0 amide bonds. The molecule has 1 aromatic carbocycles. The lowest BCUT2D eigenvalue weighted by molar-refractivity contribution is 0.179. The molecule has 3 heteroatoms. The number of rotatable bonds is 4. The molecule has 2 rings (SSSR count). The molecule has 20 heavy (non-hydrogen) atoms. The van der Waals surface area contributed by atoms with Gasteiger partial charge in [0, 0.05) is 25.9 Å². The number of unbranched alkanes of at least 4 members (excludes halogenated alkanes) is 1. The molecule has 1 aromatic rings. The number of hydrogen-bond acceptors (Lipinski definition) is 2. The second-order valence-electron chi connectivity index (χ2n) is 5.50. The highest BCUT2D eigenvalue weighted by molar-refractivity contribution is 5.44. The molecule has 0 saturated carbocycles. The Morgan fingerprint density at radius 3 is 2.65 bits per heavy atom. The van der Waals surface area contributed by atoms with Gasteiger partial charge >= 0.3 is 0 Å². The Bertz CT molecular complexity index is 528. The van der Waals surface area contributed by atoms with E-state index in [1.165, 1.54) is 12.8 Å². The smallest absolute Gasteiger partial charge is 0.261 e. The summed E-state index contributed by atoms with van der Waals surface area (Å²) in [5.74, 6) is 0. The normalized spacial score (nSPS) is 18.1. The van der Waals surface area contributed by atoms with E-state index >= 15 is 0 Å². The molecule has 0 aromatic heterocycles. The maximum Gasteiger partial charge on any atom is 0.261 e. The van der Waals surface area contributed by atoms with Crippen LogP contribution in [0.15, 0.2) is 24.3 Å². The molecule has 0 bridgehead atoms. The lowest BCUT2D eigenvalue weighted by atomic mass is 9.79. The number of nitriles is 1. The van der Waals surface area contributed by atoms with Gasteiger partial charge in [0.05, 0.1) is 17.2 Å². The molecule has 1 fully saturated rings. The molecular formula is C17H21N3. The number of nitrogens with zero attached hydrogens (tertiary/aromatic N) is 3. The van der Waals surface area contributed by atoms with Crippen molar-refractivity contribution in [2.75, 3.05) is 19.6 Å². The van der Waals surface area contributed by atoms with Crippen molar-refractivity contribution in [2.45, 2.75) is 38.1 Å². The van der Waals surface area contributed by atoms with E-state index in [9.17, 15) is 5.26 Å². The summed E-state index contributed by atoms with van der Waals surface area (Å²) in [6.45, 7) is 12.9. The van der Waals surface area contributed by atoms with Gasteiger partial charge in [-0.1, -0.05) is 25.5 Å². The van der Waals surface area contributed by atoms with E-state index in [2.05, 4.69) is 22.7 Å². The molecule has 1 heterocycles. The third kappa shape index (κ3) is 2.84. The SMILES string of the molecule is [C-]#[N+]C1(c2ccccc2C#N)CCN(CCCC)CC1. The van der Waals surface area contributed by atoms with Crippen LogP contribution in [-0.2, 0) is 5.54 Å². The molecular weight excluding hydrogens is 246 g/mol. The van der Waals surface area contributed by atoms with Crippen molar-refractivity contribution in [3.8, 4) is 6.07 Å². The Labute approximate surface area is 121 Å². The first-order valence-corrected chi connectivity index (χ1v) is 7.36. The Hall–Kier alpha value is -1.84. The third-order valence-corrected chi connectivity index (χ3v) is 4.27. The minimum absolute atomic E-state index is 0.491. The zero-order valence-corrected chi connectivity index (χ0v) is 12.1. The molecule has 0 spiro atoms. The summed E-state index contributed by atoms with van der Waals surface area (Å²) in [7, 11) is 0. The largest absolute Gasteiger partial charge is 0.305 e. The molecule has 1 aliphatic heterocycles. The van der Waals surface area contributed by atoms with E-state index in [1.807, 2.05) is 24.3 Å². The summed E-state index contributed by atoms with van der Waals surface area (Å²) in [5.41, 5.74) is 1.09. The van der Waals surface area contributed by atoms with Crippen LogP contribution >= 0.6 is 0 Å². The van der Waals surface area contributed by atoms with E-state index in [-0.39, 0.29) is 0 Å². The summed E-state index contributed by atoms with van der Waals surface area (Å²) in [6, 6.07) is 9.83. The average molecular weight is 267 g/mol. The van der Waals surface area contributed by atoms with E-state index in [4.69, 9.17) is 6.57 Å². The fourth-order valence-corrected chi connectivity index (χ4v) is 2.96. The zero-order valence-electron chi connectivity index (χ0n) is 12.1. The Morgan fingerprint density at radius 1 is 1.35 bits per heavy atom. The topological polar surface area (TPSA) is 31.4 Å². The van der Waals surface area contributed by atoms with Crippen LogP contribution in [0.2, 0.25) is 0 Å². The Morgan fingerprint density at radius 2 is 2.05 bits per heavy atom. The molecule has 1 saturated heterocycles. The quantitative estimate of drug-likeness (QED) is 0.781. The first-order chi connectivity index (χ1) is 9.75. The zero-order chi connectivity index (χ0) is 14.4. The van der Waals surface area contributed by atoms with Crippen LogP contribution in [0, 0.1) is 17.9 Å². The van der Waals surface area contributed by atoms with Crippen LogP contribution in [0.25, 0.3) is 4.85 Å². The van der Waals surface area contributed by atoms with Gasteiger partial charge in [0.2, 0.25) is 0 Å². The third-order valence-electron chi connectivity index (χ3n) is 4.27. The van der Waals surface area contributed by atoms with Gasteiger partial charge < -0.3 is 9.74 Å². The molecule has 0 aliphatic carbocycles. The van der Waals surface area contributed by atoms with Crippen LogP contribution in [0.3, 0.4) is 0 Å². The van der Waals surface area contributed by atoms with Crippen LogP contribution in [0.1, 0.15) is 43.7 Å². The van der Waals surface area contributed by atoms with Crippen LogP contribution in [0.5, 0.6) is 0 Å². The van der Waals surface area contributed by atoms with Gasteiger partial charge in [-0.2, -0.15) is 5.26 Å². The minimum atomic E-state index is -0.491. The molecule has 104 valence electrons. The Kier molecular flexibility index (Phi) is 4.77. The van der Waals surface area contributed by atoms with Crippen LogP contribution in [-0.4, -0.2) is 24.5 Å². The van der Waals surface area contributed by atoms with Crippen molar-refractivity contribution in [3.05, 3.63) is 46.8 Å². The number of piperidine rings is 1. The fourth-order valence-electron chi connectivity index (χ4n) is 2.96. The lowest BCUT2D eigenvalue weighted by Crippen LogP contribution is -2.41. The fraction of sp³-hybridized carbons (Fsp3) is 0.529. The van der Waals surface area contributed by atoms with Crippen LogP contribution < -0.4 is 0 Å². The first-order valence-electron chi connectivity index (χ1n) is 7.36. The van der Waals surface area contributed by atoms with E-state index in [1.54, 1.807) is 0 Å².